The summed E-state index contributed by atoms with van der Waals surface area (Å²) in [5.74, 6) is 0.486. The van der Waals surface area contributed by atoms with Crippen molar-refractivity contribution in [3.63, 3.8) is 0 Å². The molecule has 1 aliphatic carbocycles. The van der Waals surface area contributed by atoms with Crippen LogP contribution in [0.2, 0.25) is 0 Å². The molecule has 106 valence electrons. The van der Waals surface area contributed by atoms with E-state index in [2.05, 4.69) is 12.2 Å². The van der Waals surface area contributed by atoms with Crippen LogP contribution in [0.5, 0.6) is 0 Å². The minimum Gasteiger partial charge on any atom is -0.356 e. The first-order valence-corrected chi connectivity index (χ1v) is 7.77. The first-order valence-electron chi connectivity index (χ1n) is 7.77. The third-order valence-corrected chi connectivity index (χ3v) is 3.97. The molecule has 0 aliphatic heterocycles. The summed E-state index contributed by atoms with van der Waals surface area (Å²) in [6.45, 7) is 3.09. The maximum atomic E-state index is 11.9. The lowest BCUT2D eigenvalue weighted by atomic mass is 9.86. The van der Waals surface area contributed by atoms with Crippen LogP contribution in [0.15, 0.2) is 0 Å². The smallest absolute Gasteiger partial charge is 0.223 e. The van der Waals surface area contributed by atoms with E-state index in [0.29, 0.717) is 6.04 Å². The molecule has 0 aromatic rings. The monoisotopic (exact) mass is 254 g/mol. The van der Waals surface area contributed by atoms with Crippen molar-refractivity contribution in [2.24, 2.45) is 11.7 Å². The number of nitrogens with two attached hydrogens (primary N) is 1. The van der Waals surface area contributed by atoms with E-state index in [1.54, 1.807) is 0 Å². The van der Waals surface area contributed by atoms with Gasteiger partial charge in [0.15, 0.2) is 0 Å². The predicted octanol–water partition coefficient (Wildman–Crippen LogP) is 2.98. The van der Waals surface area contributed by atoms with Crippen molar-refractivity contribution in [1.29, 1.82) is 0 Å². The van der Waals surface area contributed by atoms with Gasteiger partial charge in [-0.1, -0.05) is 39.0 Å². The fourth-order valence-corrected chi connectivity index (χ4v) is 2.64. The zero-order valence-electron chi connectivity index (χ0n) is 11.9. The minimum atomic E-state index is 0.227. The van der Waals surface area contributed by atoms with Crippen LogP contribution in [-0.4, -0.2) is 18.5 Å². The molecular formula is C15H30N2O. The number of carbonyl (C=O) groups is 1. The molecule has 0 heterocycles. The van der Waals surface area contributed by atoms with Gasteiger partial charge < -0.3 is 11.1 Å². The second-order valence-electron chi connectivity index (χ2n) is 5.67. The summed E-state index contributed by atoms with van der Waals surface area (Å²) < 4.78 is 0. The molecule has 0 aromatic heterocycles. The van der Waals surface area contributed by atoms with E-state index in [0.717, 1.165) is 38.6 Å². The molecule has 1 rings (SSSR count). The Hall–Kier alpha value is -0.570. The van der Waals surface area contributed by atoms with E-state index in [-0.39, 0.29) is 11.8 Å². The highest BCUT2D eigenvalue weighted by Crippen LogP contribution is 2.23. The van der Waals surface area contributed by atoms with Gasteiger partial charge in [-0.05, 0) is 32.1 Å². The van der Waals surface area contributed by atoms with Gasteiger partial charge in [-0.3, -0.25) is 4.79 Å². The number of unbranched alkanes of at least 4 members (excludes halogenated alkanes) is 5. The SMILES string of the molecule is CCCCCCCCNC(=O)C1CCC(N)CC1. The van der Waals surface area contributed by atoms with Crippen LogP contribution >= 0.6 is 0 Å². The Morgan fingerprint density at radius 1 is 1.06 bits per heavy atom. The standard InChI is InChI=1S/C15H30N2O/c1-2-3-4-5-6-7-12-17-15(18)13-8-10-14(16)11-9-13/h13-14H,2-12,16H2,1H3,(H,17,18). The second-order valence-corrected chi connectivity index (χ2v) is 5.67. The molecule has 0 saturated heterocycles. The third-order valence-electron chi connectivity index (χ3n) is 3.97. The molecule has 1 saturated carbocycles. The Kier molecular flexibility index (Phi) is 8.06. The van der Waals surface area contributed by atoms with Crippen LogP contribution in [0.25, 0.3) is 0 Å². The van der Waals surface area contributed by atoms with Crippen molar-refractivity contribution < 1.29 is 4.79 Å². The van der Waals surface area contributed by atoms with Crippen LogP contribution in [-0.2, 0) is 4.79 Å². The van der Waals surface area contributed by atoms with Gasteiger partial charge in [-0.2, -0.15) is 0 Å². The molecule has 1 fully saturated rings. The fourth-order valence-electron chi connectivity index (χ4n) is 2.64. The van der Waals surface area contributed by atoms with Gasteiger partial charge in [0.05, 0.1) is 0 Å². The summed E-state index contributed by atoms with van der Waals surface area (Å²) in [5, 5.41) is 3.08. The highest BCUT2D eigenvalue weighted by Gasteiger charge is 2.23. The van der Waals surface area contributed by atoms with Gasteiger partial charge in [0.25, 0.3) is 0 Å². The van der Waals surface area contributed by atoms with Crippen molar-refractivity contribution >= 4 is 5.91 Å². The first-order chi connectivity index (χ1) is 8.74. The molecule has 0 aromatic carbocycles. The minimum absolute atomic E-state index is 0.227. The number of hydrogen-bond donors (Lipinski definition) is 2. The van der Waals surface area contributed by atoms with Gasteiger partial charge in [-0.15, -0.1) is 0 Å². The predicted molar refractivity (Wildman–Crippen MR) is 76.3 cm³/mol. The highest BCUT2D eigenvalue weighted by atomic mass is 16.1. The lowest BCUT2D eigenvalue weighted by molar-refractivity contribution is -0.126. The van der Waals surface area contributed by atoms with Crippen LogP contribution in [0, 0.1) is 5.92 Å². The number of hydrogen-bond acceptors (Lipinski definition) is 2. The summed E-state index contributed by atoms with van der Waals surface area (Å²) in [6.07, 6.45) is 11.6. The number of amides is 1. The number of rotatable bonds is 8. The lowest BCUT2D eigenvalue weighted by Crippen LogP contribution is -2.36. The van der Waals surface area contributed by atoms with Gasteiger partial charge in [0, 0.05) is 18.5 Å². The summed E-state index contributed by atoms with van der Waals surface area (Å²) in [4.78, 5) is 11.9. The van der Waals surface area contributed by atoms with Crippen LogP contribution in [0.4, 0.5) is 0 Å². The number of carbonyl (C=O) groups excluding carboxylic acids is 1. The molecule has 3 nitrogen and oxygen atoms in total. The average Bonchev–Trinajstić information content (AvgIpc) is 2.38. The largest absolute Gasteiger partial charge is 0.356 e. The van der Waals surface area contributed by atoms with E-state index in [4.69, 9.17) is 5.73 Å². The molecule has 1 aliphatic rings. The van der Waals surface area contributed by atoms with Crippen molar-refractivity contribution in [3.8, 4) is 0 Å². The van der Waals surface area contributed by atoms with E-state index in [1.165, 1.54) is 32.1 Å². The van der Waals surface area contributed by atoms with E-state index in [9.17, 15) is 4.79 Å². The van der Waals surface area contributed by atoms with Crippen molar-refractivity contribution in [1.82, 2.24) is 5.32 Å². The summed E-state index contributed by atoms with van der Waals surface area (Å²) in [6, 6.07) is 0.326. The summed E-state index contributed by atoms with van der Waals surface area (Å²) in [7, 11) is 0. The molecule has 0 bridgehead atoms. The van der Waals surface area contributed by atoms with E-state index in [1.807, 2.05) is 0 Å². The quantitative estimate of drug-likeness (QED) is 0.654. The Labute approximate surface area is 112 Å². The van der Waals surface area contributed by atoms with E-state index < -0.39 is 0 Å². The molecular weight excluding hydrogens is 224 g/mol. The molecule has 3 N–H and O–H groups in total. The highest BCUT2D eigenvalue weighted by molar-refractivity contribution is 5.78. The zero-order valence-corrected chi connectivity index (χ0v) is 11.9. The summed E-state index contributed by atoms with van der Waals surface area (Å²) in [5.41, 5.74) is 5.84. The maximum absolute atomic E-state index is 11.9. The molecule has 1 amide bonds. The molecule has 3 heteroatoms. The van der Waals surface area contributed by atoms with Crippen molar-refractivity contribution in [2.45, 2.75) is 77.2 Å². The maximum Gasteiger partial charge on any atom is 0.223 e. The molecule has 0 spiro atoms. The van der Waals surface area contributed by atoms with Gasteiger partial charge in [-0.25, -0.2) is 0 Å². The van der Waals surface area contributed by atoms with E-state index >= 15 is 0 Å². The Balaban J connectivity index is 1.96. The van der Waals surface area contributed by atoms with Crippen molar-refractivity contribution in [3.05, 3.63) is 0 Å². The Morgan fingerprint density at radius 3 is 2.33 bits per heavy atom. The second kappa shape index (κ2) is 9.37. The third kappa shape index (κ3) is 6.39. The lowest BCUT2D eigenvalue weighted by Gasteiger charge is -2.25. The number of nitrogens with one attached hydrogen (secondary N) is 1. The Morgan fingerprint density at radius 2 is 1.67 bits per heavy atom. The van der Waals surface area contributed by atoms with Crippen LogP contribution in [0.3, 0.4) is 0 Å². The van der Waals surface area contributed by atoms with Gasteiger partial charge in [0.2, 0.25) is 5.91 Å². The Bertz CT molecular complexity index is 223. The van der Waals surface area contributed by atoms with Crippen LogP contribution in [0.1, 0.15) is 71.1 Å². The van der Waals surface area contributed by atoms with Gasteiger partial charge in [0.1, 0.15) is 0 Å². The summed E-state index contributed by atoms with van der Waals surface area (Å²) >= 11 is 0. The molecule has 0 atom stereocenters. The van der Waals surface area contributed by atoms with Crippen LogP contribution < -0.4 is 11.1 Å². The first kappa shape index (κ1) is 15.5. The molecule has 0 unspecified atom stereocenters. The van der Waals surface area contributed by atoms with Crippen molar-refractivity contribution in [2.75, 3.05) is 6.54 Å². The molecule has 0 radical (unpaired) electrons. The zero-order chi connectivity index (χ0) is 13.2. The average molecular weight is 254 g/mol. The normalized spacial score (nSPS) is 23.9. The fraction of sp³-hybridized carbons (Fsp3) is 0.933. The van der Waals surface area contributed by atoms with Gasteiger partial charge >= 0.3 is 0 Å². The molecule has 18 heavy (non-hydrogen) atoms. The topological polar surface area (TPSA) is 55.1 Å².